The van der Waals surface area contributed by atoms with Crippen molar-refractivity contribution in [3.05, 3.63) is 0 Å². The number of likely N-dealkylation sites (tertiary alicyclic amines) is 1. The van der Waals surface area contributed by atoms with Crippen LogP contribution in [0.15, 0.2) is 0 Å². The van der Waals surface area contributed by atoms with Crippen molar-refractivity contribution >= 4 is 11.8 Å². The summed E-state index contributed by atoms with van der Waals surface area (Å²) in [4.78, 5) is 25.7. The molecule has 0 spiro atoms. The first-order valence-corrected chi connectivity index (χ1v) is 7.44. The van der Waals surface area contributed by atoms with E-state index < -0.39 is 0 Å². The van der Waals surface area contributed by atoms with Gasteiger partial charge in [-0.15, -0.1) is 0 Å². The largest absolute Gasteiger partial charge is 0.351 e. The third-order valence-electron chi connectivity index (χ3n) is 4.49. The minimum Gasteiger partial charge on any atom is -0.351 e. The zero-order valence-electron chi connectivity index (χ0n) is 11.7. The van der Waals surface area contributed by atoms with E-state index in [4.69, 9.17) is 5.73 Å². The van der Waals surface area contributed by atoms with Crippen LogP contribution in [0.4, 0.5) is 0 Å². The number of nitrogens with two attached hydrogens (primary N) is 1. The molecule has 5 heteroatoms. The Bertz CT molecular complexity index is 346. The zero-order chi connectivity index (χ0) is 13.8. The van der Waals surface area contributed by atoms with Crippen LogP contribution < -0.4 is 11.1 Å². The zero-order valence-corrected chi connectivity index (χ0v) is 11.7. The summed E-state index contributed by atoms with van der Waals surface area (Å²) in [7, 11) is 0. The van der Waals surface area contributed by atoms with E-state index in [2.05, 4.69) is 5.32 Å². The summed E-state index contributed by atoms with van der Waals surface area (Å²) in [5.41, 5.74) is 5.72. The minimum atomic E-state index is 0.0842. The molecular weight excluding hydrogens is 242 g/mol. The van der Waals surface area contributed by atoms with Crippen LogP contribution in [0.5, 0.6) is 0 Å². The monoisotopic (exact) mass is 267 g/mol. The molecule has 0 radical (unpaired) electrons. The van der Waals surface area contributed by atoms with Gasteiger partial charge in [0.1, 0.15) is 0 Å². The van der Waals surface area contributed by atoms with Gasteiger partial charge in [-0.25, -0.2) is 0 Å². The maximum Gasteiger partial charge on any atom is 0.223 e. The molecule has 108 valence electrons. The first-order chi connectivity index (χ1) is 9.15. The lowest BCUT2D eigenvalue weighted by Crippen LogP contribution is -2.43. The summed E-state index contributed by atoms with van der Waals surface area (Å²) in [5, 5.41) is 3.11. The molecule has 0 bridgehead atoms. The van der Waals surface area contributed by atoms with E-state index in [0.29, 0.717) is 25.4 Å². The van der Waals surface area contributed by atoms with Crippen LogP contribution in [0.25, 0.3) is 0 Å². The quantitative estimate of drug-likeness (QED) is 0.778. The fourth-order valence-corrected chi connectivity index (χ4v) is 3.30. The summed E-state index contributed by atoms with van der Waals surface area (Å²) < 4.78 is 0. The number of nitrogens with one attached hydrogen (secondary N) is 1. The van der Waals surface area contributed by atoms with Gasteiger partial charge in [0.15, 0.2) is 0 Å². The molecule has 0 aromatic heterocycles. The highest BCUT2D eigenvalue weighted by molar-refractivity contribution is 5.80. The molecule has 1 aliphatic heterocycles. The molecule has 1 saturated heterocycles. The van der Waals surface area contributed by atoms with Gasteiger partial charge in [-0.3, -0.25) is 9.59 Å². The topological polar surface area (TPSA) is 75.4 Å². The van der Waals surface area contributed by atoms with Crippen LogP contribution >= 0.6 is 0 Å². The number of hydrogen-bond acceptors (Lipinski definition) is 3. The van der Waals surface area contributed by atoms with E-state index in [-0.39, 0.29) is 23.8 Å². The van der Waals surface area contributed by atoms with Crippen molar-refractivity contribution in [2.45, 2.75) is 45.1 Å². The van der Waals surface area contributed by atoms with Gasteiger partial charge < -0.3 is 16.0 Å². The fourth-order valence-electron chi connectivity index (χ4n) is 3.30. The predicted octanol–water partition coefficient (Wildman–Crippen LogP) is 0.489. The Kier molecular flexibility index (Phi) is 4.80. The maximum absolute atomic E-state index is 12.2. The molecule has 2 fully saturated rings. The summed E-state index contributed by atoms with van der Waals surface area (Å²) in [6.07, 6.45) is 4.54. The van der Waals surface area contributed by atoms with Crippen molar-refractivity contribution in [2.75, 3.05) is 19.6 Å². The smallest absolute Gasteiger partial charge is 0.223 e. The second-order valence-electron chi connectivity index (χ2n) is 5.72. The van der Waals surface area contributed by atoms with Crippen molar-refractivity contribution in [2.24, 2.45) is 17.6 Å². The fraction of sp³-hybridized carbons (Fsp3) is 0.857. The SMILES string of the molecule is CCC(=O)N1CCC(NC(=O)[C@@H]2CCC[C@@H]2CN)C1. The average molecular weight is 267 g/mol. The number of nitrogens with zero attached hydrogens (tertiary/aromatic N) is 1. The number of carbonyl (C=O) groups excluding carboxylic acids is 2. The molecular formula is C14H25N3O2. The molecule has 0 aromatic carbocycles. The highest BCUT2D eigenvalue weighted by Gasteiger charge is 2.34. The van der Waals surface area contributed by atoms with Crippen molar-refractivity contribution in [1.82, 2.24) is 10.2 Å². The number of rotatable bonds is 4. The van der Waals surface area contributed by atoms with Crippen LogP contribution in [-0.4, -0.2) is 42.4 Å². The number of carbonyl (C=O) groups is 2. The number of amides is 2. The van der Waals surface area contributed by atoms with Crippen LogP contribution in [0.3, 0.4) is 0 Å². The molecule has 2 aliphatic rings. The van der Waals surface area contributed by atoms with Gasteiger partial charge in [0.25, 0.3) is 0 Å². The Balaban J connectivity index is 1.82. The predicted molar refractivity (Wildman–Crippen MR) is 73.3 cm³/mol. The standard InChI is InChI=1S/C14H25N3O2/c1-2-13(18)17-7-6-11(9-17)16-14(19)12-5-3-4-10(12)8-15/h10-12H,2-9,15H2,1H3,(H,16,19)/t10-,11?,12-/m1/s1. The lowest BCUT2D eigenvalue weighted by Gasteiger charge is -2.21. The second-order valence-corrected chi connectivity index (χ2v) is 5.72. The van der Waals surface area contributed by atoms with Gasteiger partial charge in [0, 0.05) is 31.5 Å². The average Bonchev–Trinajstić information content (AvgIpc) is 3.05. The molecule has 19 heavy (non-hydrogen) atoms. The molecule has 2 amide bonds. The molecule has 0 aromatic rings. The summed E-state index contributed by atoms with van der Waals surface area (Å²) in [5.74, 6) is 0.747. The highest BCUT2D eigenvalue weighted by Crippen LogP contribution is 2.31. The lowest BCUT2D eigenvalue weighted by molar-refractivity contribution is -0.130. The van der Waals surface area contributed by atoms with Crippen molar-refractivity contribution in [3.8, 4) is 0 Å². The Morgan fingerprint density at radius 3 is 2.79 bits per heavy atom. The van der Waals surface area contributed by atoms with Gasteiger partial charge in [-0.2, -0.15) is 0 Å². The van der Waals surface area contributed by atoms with Gasteiger partial charge in [-0.05, 0) is 31.7 Å². The van der Waals surface area contributed by atoms with Gasteiger partial charge in [0.2, 0.25) is 11.8 Å². The van der Waals surface area contributed by atoms with Gasteiger partial charge in [0.05, 0.1) is 0 Å². The highest BCUT2D eigenvalue weighted by atomic mass is 16.2. The lowest BCUT2D eigenvalue weighted by atomic mass is 9.95. The first-order valence-electron chi connectivity index (χ1n) is 7.44. The summed E-state index contributed by atoms with van der Waals surface area (Å²) >= 11 is 0. The van der Waals surface area contributed by atoms with E-state index in [1.54, 1.807) is 0 Å². The van der Waals surface area contributed by atoms with Crippen molar-refractivity contribution < 1.29 is 9.59 Å². The van der Waals surface area contributed by atoms with Crippen LogP contribution in [0, 0.1) is 11.8 Å². The summed E-state index contributed by atoms with van der Waals surface area (Å²) in [6.45, 7) is 3.91. The summed E-state index contributed by atoms with van der Waals surface area (Å²) in [6, 6.07) is 0.127. The Labute approximate surface area is 114 Å². The molecule has 2 rings (SSSR count). The van der Waals surface area contributed by atoms with Crippen LogP contribution in [0.1, 0.15) is 39.0 Å². The molecule has 1 unspecified atom stereocenters. The van der Waals surface area contributed by atoms with Crippen molar-refractivity contribution in [3.63, 3.8) is 0 Å². The minimum absolute atomic E-state index is 0.0842. The molecule has 3 N–H and O–H groups in total. The Hall–Kier alpha value is -1.10. The third-order valence-corrected chi connectivity index (χ3v) is 4.49. The van der Waals surface area contributed by atoms with E-state index >= 15 is 0 Å². The van der Waals surface area contributed by atoms with Crippen LogP contribution in [0.2, 0.25) is 0 Å². The molecule has 1 aliphatic carbocycles. The van der Waals surface area contributed by atoms with Crippen molar-refractivity contribution in [1.29, 1.82) is 0 Å². The second kappa shape index (κ2) is 6.37. The third kappa shape index (κ3) is 3.26. The first kappa shape index (κ1) is 14.3. The molecule has 1 saturated carbocycles. The molecule has 3 atom stereocenters. The Morgan fingerprint density at radius 1 is 1.32 bits per heavy atom. The molecule has 1 heterocycles. The van der Waals surface area contributed by atoms with Crippen LogP contribution in [-0.2, 0) is 9.59 Å². The Morgan fingerprint density at radius 2 is 2.11 bits per heavy atom. The molecule has 5 nitrogen and oxygen atoms in total. The van der Waals surface area contributed by atoms with Gasteiger partial charge in [-0.1, -0.05) is 13.3 Å². The van der Waals surface area contributed by atoms with E-state index in [0.717, 1.165) is 32.2 Å². The van der Waals surface area contributed by atoms with E-state index in [1.807, 2.05) is 11.8 Å². The van der Waals surface area contributed by atoms with E-state index in [9.17, 15) is 9.59 Å². The normalized spacial score (nSPS) is 30.6. The van der Waals surface area contributed by atoms with Gasteiger partial charge >= 0.3 is 0 Å². The number of hydrogen-bond donors (Lipinski definition) is 2. The van der Waals surface area contributed by atoms with E-state index in [1.165, 1.54) is 0 Å². The maximum atomic E-state index is 12.2.